The van der Waals surface area contributed by atoms with Gasteiger partial charge in [0, 0.05) is 6.54 Å². The first-order valence-corrected chi connectivity index (χ1v) is 5.72. The van der Waals surface area contributed by atoms with Crippen LogP contribution in [0.15, 0.2) is 0 Å². The smallest absolute Gasteiger partial charge is 0.329 e. The maximum absolute atomic E-state index is 11.9. The molecule has 0 heterocycles. The van der Waals surface area contributed by atoms with Crippen LogP contribution in [0.5, 0.6) is 0 Å². The van der Waals surface area contributed by atoms with Gasteiger partial charge >= 0.3 is 5.97 Å². The minimum Gasteiger partial charge on any atom is -0.480 e. The van der Waals surface area contributed by atoms with Crippen molar-refractivity contribution >= 4 is 11.9 Å². The molecule has 0 bridgehead atoms. The predicted molar refractivity (Wildman–Crippen MR) is 59.8 cm³/mol. The van der Waals surface area contributed by atoms with Crippen LogP contribution in [0.3, 0.4) is 0 Å². The van der Waals surface area contributed by atoms with Gasteiger partial charge in [0.2, 0.25) is 5.91 Å². The molecule has 0 aromatic carbocycles. The van der Waals surface area contributed by atoms with Crippen molar-refractivity contribution in [2.24, 2.45) is 11.1 Å². The molecule has 0 spiro atoms. The molecule has 0 aromatic heterocycles. The normalized spacial score (nSPS) is 17.9. The molecule has 92 valence electrons. The van der Waals surface area contributed by atoms with Gasteiger partial charge in [-0.2, -0.15) is 0 Å². The summed E-state index contributed by atoms with van der Waals surface area (Å²) in [6, 6.07) is 0. The molecule has 0 aliphatic heterocycles. The molecule has 5 heteroatoms. The molecule has 16 heavy (non-hydrogen) atoms. The molecule has 1 amide bonds. The van der Waals surface area contributed by atoms with Gasteiger partial charge in [-0.05, 0) is 25.7 Å². The van der Waals surface area contributed by atoms with Crippen molar-refractivity contribution in [3.05, 3.63) is 0 Å². The van der Waals surface area contributed by atoms with Crippen molar-refractivity contribution < 1.29 is 14.7 Å². The molecule has 1 aliphatic rings. The molecule has 1 fully saturated rings. The zero-order valence-electron chi connectivity index (χ0n) is 9.88. The highest BCUT2D eigenvalue weighted by Crippen LogP contribution is 2.45. The van der Waals surface area contributed by atoms with Crippen LogP contribution in [0.25, 0.3) is 0 Å². The molecule has 0 radical (unpaired) electrons. The maximum Gasteiger partial charge on any atom is 0.329 e. The number of carbonyl (C=O) groups is 2. The van der Waals surface area contributed by atoms with Gasteiger partial charge in [0.15, 0.2) is 0 Å². The SMILES string of the molecule is CCC(CC)(NC(=O)C1(CN)CC1)C(=O)O. The lowest BCUT2D eigenvalue weighted by Crippen LogP contribution is -2.56. The zero-order valence-corrected chi connectivity index (χ0v) is 9.88. The first-order chi connectivity index (χ1) is 7.46. The highest BCUT2D eigenvalue weighted by Gasteiger charge is 2.51. The monoisotopic (exact) mass is 228 g/mol. The largest absolute Gasteiger partial charge is 0.480 e. The van der Waals surface area contributed by atoms with Gasteiger partial charge in [0.25, 0.3) is 0 Å². The number of aliphatic carboxylic acids is 1. The van der Waals surface area contributed by atoms with Crippen LogP contribution < -0.4 is 11.1 Å². The predicted octanol–water partition coefficient (Wildman–Crippen LogP) is 0.485. The summed E-state index contributed by atoms with van der Waals surface area (Å²) in [6.45, 7) is 3.82. The van der Waals surface area contributed by atoms with E-state index < -0.39 is 16.9 Å². The second kappa shape index (κ2) is 4.41. The van der Waals surface area contributed by atoms with Gasteiger partial charge in [-0.25, -0.2) is 4.79 Å². The van der Waals surface area contributed by atoms with Crippen LogP contribution in [0.1, 0.15) is 39.5 Å². The Hall–Kier alpha value is -1.10. The van der Waals surface area contributed by atoms with E-state index in [9.17, 15) is 14.7 Å². The Balaban J connectivity index is 2.77. The van der Waals surface area contributed by atoms with E-state index in [1.165, 1.54) is 0 Å². The topological polar surface area (TPSA) is 92.4 Å². The van der Waals surface area contributed by atoms with Crippen molar-refractivity contribution in [3.63, 3.8) is 0 Å². The fraction of sp³-hybridized carbons (Fsp3) is 0.818. The van der Waals surface area contributed by atoms with Gasteiger partial charge < -0.3 is 16.2 Å². The Morgan fingerprint density at radius 3 is 2.12 bits per heavy atom. The van der Waals surface area contributed by atoms with Crippen molar-refractivity contribution in [2.75, 3.05) is 6.54 Å². The summed E-state index contributed by atoms with van der Waals surface area (Å²) in [4.78, 5) is 23.2. The molecule has 0 atom stereocenters. The lowest BCUT2D eigenvalue weighted by atomic mass is 9.91. The average Bonchev–Trinajstić information content (AvgIpc) is 3.06. The number of amides is 1. The van der Waals surface area contributed by atoms with Crippen LogP contribution in [0.4, 0.5) is 0 Å². The van der Waals surface area contributed by atoms with Gasteiger partial charge in [-0.15, -0.1) is 0 Å². The molecular formula is C11H20N2O3. The summed E-state index contributed by atoms with van der Waals surface area (Å²) in [6.07, 6.45) is 2.29. The number of hydrogen-bond acceptors (Lipinski definition) is 3. The molecule has 0 saturated heterocycles. The average molecular weight is 228 g/mol. The van der Waals surface area contributed by atoms with E-state index in [-0.39, 0.29) is 5.91 Å². The fourth-order valence-electron chi connectivity index (χ4n) is 1.81. The van der Waals surface area contributed by atoms with E-state index in [1.54, 1.807) is 13.8 Å². The van der Waals surface area contributed by atoms with E-state index in [2.05, 4.69) is 5.32 Å². The molecule has 1 aliphatic carbocycles. The third-order valence-electron chi connectivity index (χ3n) is 3.70. The van der Waals surface area contributed by atoms with Crippen LogP contribution >= 0.6 is 0 Å². The maximum atomic E-state index is 11.9. The van der Waals surface area contributed by atoms with Gasteiger partial charge in [-0.3, -0.25) is 4.79 Å². The minimum atomic E-state index is -1.14. The summed E-state index contributed by atoms with van der Waals surface area (Å²) in [5.74, 6) is -1.18. The van der Waals surface area contributed by atoms with E-state index in [0.29, 0.717) is 19.4 Å². The number of carboxylic acids is 1. The number of carboxylic acid groups (broad SMARTS) is 1. The zero-order chi connectivity index (χ0) is 12.4. The molecule has 1 saturated carbocycles. The summed E-state index contributed by atoms with van der Waals surface area (Å²) in [5.41, 5.74) is 3.91. The van der Waals surface area contributed by atoms with Gasteiger partial charge in [0.1, 0.15) is 5.54 Å². The summed E-state index contributed by atoms with van der Waals surface area (Å²) >= 11 is 0. The Bertz CT molecular complexity index is 294. The molecular weight excluding hydrogens is 208 g/mol. The lowest BCUT2D eigenvalue weighted by molar-refractivity contribution is -0.149. The van der Waals surface area contributed by atoms with Crippen LogP contribution in [-0.4, -0.2) is 29.1 Å². The fourth-order valence-corrected chi connectivity index (χ4v) is 1.81. The summed E-state index contributed by atoms with van der Waals surface area (Å²) in [5, 5.41) is 11.9. The van der Waals surface area contributed by atoms with Gasteiger partial charge in [-0.1, -0.05) is 13.8 Å². The summed E-state index contributed by atoms with van der Waals surface area (Å²) in [7, 11) is 0. The minimum absolute atomic E-state index is 0.207. The third-order valence-corrected chi connectivity index (χ3v) is 3.70. The van der Waals surface area contributed by atoms with E-state index >= 15 is 0 Å². The Kier molecular flexibility index (Phi) is 3.57. The highest BCUT2D eigenvalue weighted by molar-refractivity contribution is 5.91. The van der Waals surface area contributed by atoms with Crippen LogP contribution in [0, 0.1) is 5.41 Å². The lowest BCUT2D eigenvalue weighted by Gasteiger charge is -2.30. The summed E-state index contributed by atoms with van der Waals surface area (Å²) < 4.78 is 0. The first kappa shape index (κ1) is 13.0. The number of nitrogens with two attached hydrogens (primary N) is 1. The Morgan fingerprint density at radius 1 is 1.38 bits per heavy atom. The Morgan fingerprint density at radius 2 is 1.88 bits per heavy atom. The quantitative estimate of drug-likeness (QED) is 0.616. The van der Waals surface area contributed by atoms with Crippen molar-refractivity contribution in [2.45, 2.75) is 45.1 Å². The van der Waals surface area contributed by atoms with Gasteiger partial charge in [0.05, 0.1) is 5.41 Å². The first-order valence-electron chi connectivity index (χ1n) is 5.72. The molecule has 0 unspecified atom stereocenters. The molecule has 1 rings (SSSR count). The van der Waals surface area contributed by atoms with Crippen molar-refractivity contribution in [3.8, 4) is 0 Å². The number of carbonyl (C=O) groups excluding carboxylic acids is 1. The standard InChI is InChI=1S/C11H20N2O3/c1-3-11(4-2,9(15)16)13-8(14)10(7-12)5-6-10/h3-7,12H2,1-2H3,(H,13,14)(H,15,16). The second-order valence-corrected chi connectivity index (χ2v) is 4.53. The van der Waals surface area contributed by atoms with Crippen molar-refractivity contribution in [1.29, 1.82) is 0 Å². The molecule has 4 N–H and O–H groups in total. The third kappa shape index (κ3) is 2.04. The van der Waals surface area contributed by atoms with Crippen LogP contribution in [-0.2, 0) is 9.59 Å². The van der Waals surface area contributed by atoms with E-state index in [4.69, 9.17) is 5.73 Å². The van der Waals surface area contributed by atoms with E-state index in [0.717, 1.165) is 12.8 Å². The van der Waals surface area contributed by atoms with Crippen LogP contribution in [0.2, 0.25) is 0 Å². The Labute approximate surface area is 95.4 Å². The number of nitrogens with one attached hydrogen (secondary N) is 1. The molecule has 5 nitrogen and oxygen atoms in total. The number of hydrogen-bond donors (Lipinski definition) is 3. The van der Waals surface area contributed by atoms with E-state index in [1.807, 2.05) is 0 Å². The second-order valence-electron chi connectivity index (χ2n) is 4.53. The molecule has 0 aromatic rings. The van der Waals surface area contributed by atoms with Crippen molar-refractivity contribution in [1.82, 2.24) is 5.32 Å². The number of rotatable bonds is 6. The highest BCUT2D eigenvalue weighted by atomic mass is 16.4.